The first kappa shape index (κ1) is 12.1. The number of hydrogen-bond donors (Lipinski definition) is 1. The third-order valence-electron chi connectivity index (χ3n) is 2.07. The average Bonchev–Trinajstić information content (AvgIpc) is 2.65. The zero-order chi connectivity index (χ0) is 12.5. The monoisotopic (exact) mass is 315 g/mol. The van der Waals surface area contributed by atoms with Gasteiger partial charge in [0.25, 0.3) is 10.0 Å². The summed E-state index contributed by atoms with van der Waals surface area (Å²) in [5, 5.41) is 0. The van der Waals surface area contributed by atoms with Gasteiger partial charge in [0.2, 0.25) is 0 Å². The van der Waals surface area contributed by atoms with Crippen LogP contribution in [-0.2, 0) is 17.1 Å². The van der Waals surface area contributed by atoms with E-state index >= 15 is 0 Å². The molecule has 0 aliphatic rings. The topological polar surface area (TPSA) is 64.0 Å². The molecule has 2 heterocycles. The normalized spacial score (nSPS) is 11.4. The van der Waals surface area contributed by atoms with Gasteiger partial charge in [0.15, 0.2) is 0 Å². The number of rotatable bonds is 3. The molecule has 17 heavy (non-hydrogen) atoms. The molecule has 0 unspecified atom stereocenters. The van der Waals surface area contributed by atoms with Gasteiger partial charge in [-0.2, -0.15) is 0 Å². The minimum Gasteiger partial charge on any atom is -0.356 e. The predicted octanol–water partition coefficient (Wildman–Crippen LogP) is 1.98. The van der Waals surface area contributed by atoms with Crippen LogP contribution in [0.1, 0.15) is 0 Å². The van der Waals surface area contributed by atoms with Crippen molar-refractivity contribution in [1.29, 1.82) is 0 Å². The second kappa shape index (κ2) is 4.50. The number of anilines is 1. The minimum atomic E-state index is -3.56. The molecule has 0 saturated carbocycles. The summed E-state index contributed by atoms with van der Waals surface area (Å²) in [6, 6.07) is 6.55. The Labute approximate surface area is 108 Å². The van der Waals surface area contributed by atoms with Crippen LogP contribution in [0.4, 0.5) is 5.82 Å². The molecular weight excluding hydrogens is 306 g/mol. The quantitative estimate of drug-likeness (QED) is 0.881. The molecule has 0 bridgehead atoms. The maximum Gasteiger partial charge on any atom is 0.264 e. The third-order valence-corrected chi connectivity index (χ3v) is 3.85. The molecule has 90 valence electrons. The number of aryl methyl sites for hydroxylation is 1. The fourth-order valence-corrected chi connectivity index (χ4v) is 2.69. The molecule has 0 spiro atoms. The third kappa shape index (κ3) is 2.86. The van der Waals surface area contributed by atoms with E-state index in [1.165, 1.54) is 12.3 Å². The highest BCUT2D eigenvalue weighted by atomic mass is 79.9. The van der Waals surface area contributed by atoms with Gasteiger partial charge in [0.05, 0.1) is 0 Å². The van der Waals surface area contributed by atoms with Crippen LogP contribution >= 0.6 is 15.9 Å². The van der Waals surface area contributed by atoms with Crippen LogP contribution in [0.3, 0.4) is 0 Å². The summed E-state index contributed by atoms with van der Waals surface area (Å²) in [4.78, 5) is 4.22. The van der Waals surface area contributed by atoms with Crippen LogP contribution in [0.2, 0.25) is 0 Å². The van der Waals surface area contributed by atoms with E-state index in [2.05, 4.69) is 25.6 Å². The van der Waals surface area contributed by atoms with Crippen molar-refractivity contribution in [2.45, 2.75) is 4.90 Å². The minimum absolute atomic E-state index is 0.210. The van der Waals surface area contributed by atoms with Crippen LogP contribution in [0.5, 0.6) is 0 Å². The Morgan fingerprint density at radius 1 is 1.35 bits per heavy atom. The smallest absolute Gasteiger partial charge is 0.264 e. The highest BCUT2D eigenvalue weighted by molar-refractivity contribution is 9.10. The Bertz CT molecular complexity index is 637. The van der Waals surface area contributed by atoms with Crippen LogP contribution < -0.4 is 4.72 Å². The molecule has 0 atom stereocenters. The lowest BCUT2D eigenvalue weighted by Gasteiger charge is -2.05. The van der Waals surface area contributed by atoms with Crippen molar-refractivity contribution < 1.29 is 8.42 Å². The Morgan fingerprint density at radius 3 is 2.71 bits per heavy atom. The van der Waals surface area contributed by atoms with E-state index in [4.69, 9.17) is 0 Å². The molecule has 2 aromatic rings. The van der Waals surface area contributed by atoms with E-state index in [9.17, 15) is 8.42 Å². The van der Waals surface area contributed by atoms with Crippen molar-refractivity contribution in [3.05, 3.63) is 41.3 Å². The molecule has 0 aliphatic carbocycles. The Kier molecular flexibility index (Phi) is 3.21. The standard InChI is InChI=1S/C10H10BrN3O2S/c1-14-6-5-8(7-14)17(15,16)13-10-4-2-3-9(11)12-10/h2-7H,1H3,(H,12,13). The van der Waals surface area contributed by atoms with E-state index < -0.39 is 10.0 Å². The van der Waals surface area contributed by atoms with Gasteiger partial charge in [-0.25, -0.2) is 13.4 Å². The number of nitrogens with one attached hydrogen (secondary N) is 1. The second-order valence-corrected chi connectivity index (χ2v) is 5.96. The van der Waals surface area contributed by atoms with Gasteiger partial charge < -0.3 is 4.57 Å². The largest absolute Gasteiger partial charge is 0.356 e. The fourth-order valence-electron chi connectivity index (χ4n) is 1.30. The van der Waals surface area contributed by atoms with Gasteiger partial charge in [-0.15, -0.1) is 0 Å². The molecule has 1 N–H and O–H groups in total. The summed E-state index contributed by atoms with van der Waals surface area (Å²) in [5.41, 5.74) is 0. The van der Waals surface area contributed by atoms with Crippen molar-refractivity contribution in [3.63, 3.8) is 0 Å². The molecule has 0 aromatic carbocycles. The van der Waals surface area contributed by atoms with Gasteiger partial charge in [-0.05, 0) is 34.1 Å². The number of pyridine rings is 1. The summed E-state index contributed by atoms with van der Waals surface area (Å²) in [7, 11) is -1.80. The molecule has 0 saturated heterocycles. The van der Waals surface area contributed by atoms with Gasteiger partial charge >= 0.3 is 0 Å². The Hall–Kier alpha value is -1.34. The molecule has 0 fully saturated rings. The summed E-state index contributed by atoms with van der Waals surface area (Å²) in [6.45, 7) is 0. The first-order valence-electron chi connectivity index (χ1n) is 4.75. The van der Waals surface area contributed by atoms with E-state index in [0.29, 0.717) is 4.60 Å². The Morgan fingerprint density at radius 2 is 2.12 bits per heavy atom. The van der Waals surface area contributed by atoms with Crippen LogP contribution in [0.25, 0.3) is 0 Å². The molecule has 0 aliphatic heterocycles. The maximum atomic E-state index is 11.9. The summed E-state index contributed by atoms with van der Waals surface area (Å²) < 4.78 is 28.5. The average molecular weight is 316 g/mol. The lowest BCUT2D eigenvalue weighted by atomic mass is 10.5. The number of halogens is 1. The first-order valence-corrected chi connectivity index (χ1v) is 7.02. The van der Waals surface area contributed by atoms with Crippen LogP contribution in [0.15, 0.2) is 46.2 Å². The number of sulfonamides is 1. The Balaban J connectivity index is 2.29. The zero-order valence-electron chi connectivity index (χ0n) is 8.96. The molecule has 2 rings (SSSR count). The molecular formula is C10H10BrN3O2S. The molecule has 7 heteroatoms. The van der Waals surface area contributed by atoms with Gasteiger partial charge in [-0.1, -0.05) is 6.07 Å². The van der Waals surface area contributed by atoms with Crippen molar-refractivity contribution in [2.24, 2.45) is 7.05 Å². The van der Waals surface area contributed by atoms with Crippen molar-refractivity contribution >= 4 is 31.8 Å². The highest BCUT2D eigenvalue weighted by Gasteiger charge is 2.15. The first-order chi connectivity index (χ1) is 7.97. The second-order valence-electron chi connectivity index (χ2n) is 3.46. The maximum absolute atomic E-state index is 11.9. The van der Waals surface area contributed by atoms with Gasteiger partial charge in [-0.3, -0.25) is 4.72 Å². The highest BCUT2D eigenvalue weighted by Crippen LogP contribution is 2.16. The summed E-state index contributed by atoms with van der Waals surface area (Å²) >= 11 is 3.18. The van der Waals surface area contributed by atoms with Crippen molar-refractivity contribution in [2.75, 3.05) is 4.72 Å². The SMILES string of the molecule is Cn1ccc(S(=O)(=O)Nc2cccc(Br)n2)c1. The van der Waals surface area contributed by atoms with Crippen molar-refractivity contribution in [1.82, 2.24) is 9.55 Å². The zero-order valence-corrected chi connectivity index (χ0v) is 11.4. The van der Waals surface area contributed by atoms with Gasteiger partial charge in [0.1, 0.15) is 15.3 Å². The van der Waals surface area contributed by atoms with Crippen LogP contribution in [0, 0.1) is 0 Å². The lowest BCUT2D eigenvalue weighted by molar-refractivity contribution is 0.601. The summed E-state index contributed by atoms with van der Waals surface area (Å²) in [6.07, 6.45) is 3.20. The number of hydrogen-bond acceptors (Lipinski definition) is 3. The van der Waals surface area contributed by atoms with Crippen LogP contribution in [-0.4, -0.2) is 18.0 Å². The predicted molar refractivity (Wildman–Crippen MR) is 68.2 cm³/mol. The molecule has 2 aromatic heterocycles. The van der Waals surface area contributed by atoms with Crippen molar-refractivity contribution in [3.8, 4) is 0 Å². The lowest BCUT2D eigenvalue weighted by Crippen LogP contribution is -2.13. The fraction of sp³-hybridized carbons (Fsp3) is 0.100. The van der Waals surface area contributed by atoms with Gasteiger partial charge in [0, 0.05) is 19.4 Å². The molecule has 5 nitrogen and oxygen atoms in total. The van der Waals surface area contributed by atoms with E-state index in [0.717, 1.165) is 0 Å². The van der Waals surface area contributed by atoms with E-state index in [1.54, 1.807) is 36.0 Å². The van der Waals surface area contributed by atoms with E-state index in [1.807, 2.05) is 0 Å². The number of nitrogens with zero attached hydrogens (tertiary/aromatic N) is 2. The molecule has 0 amide bonds. The summed E-state index contributed by atoms with van der Waals surface area (Å²) in [5.74, 6) is 0.281. The van der Waals surface area contributed by atoms with E-state index in [-0.39, 0.29) is 10.7 Å². The number of aromatic nitrogens is 2. The molecule has 0 radical (unpaired) electrons.